The van der Waals surface area contributed by atoms with Crippen LogP contribution < -0.4 is 5.32 Å². The zero-order chi connectivity index (χ0) is 10.6. The minimum Gasteiger partial charge on any atom is -0.381 e. The lowest BCUT2D eigenvalue weighted by Gasteiger charge is -2.07. The molecule has 5 heteroatoms. The van der Waals surface area contributed by atoms with Gasteiger partial charge in [0.25, 0.3) is 0 Å². The Kier molecular flexibility index (Phi) is 3.84. The summed E-state index contributed by atoms with van der Waals surface area (Å²) in [5.74, 6) is -1.31. The fraction of sp³-hybridized carbons (Fsp3) is 0.222. The summed E-state index contributed by atoms with van der Waals surface area (Å²) in [6.45, 7) is 0.331. The molecular weight excluding hydrogens is 254 g/mol. The molecule has 74 valence electrons. The van der Waals surface area contributed by atoms with Crippen LogP contribution >= 0.6 is 15.9 Å². The van der Waals surface area contributed by atoms with E-state index in [4.69, 9.17) is 5.26 Å². The largest absolute Gasteiger partial charge is 0.381 e. The maximum atomic E-state index is 13.1. The Balaban J connectivity index is 2.81. The predicted octanol–water partition coefficient (Wildman–Crippen LogP) is 3.05. The van der Waals surface area contributed by atoms with Crippen molar-refractivity contribution in [2.75, 3.05) is 11.9 Å². The Hall–Kier alpha value is -1.15. The molecular formula is C9H7BrF2N2. The Morgan fingerprint density at radius 1 is 1.43 bits per heavy atom. The molecule has 0 heterocycles. The molecule has 1 rings (SSSR count). The van der Waals surface area contributed by atoms with Crippen LogP contribution in [0.1, 0.15) is 6.42 Å². The number of nitrogens with one attached hydrogen (secondary N) is 1. The van der Waals surface area contributed by atoms with Crippen LogP contribution in [0.4, 0.5) is 14.5 Å². The third kappa shape index (κ3) is 2.67. The molecule has 1 aromatic carbocycles. The monoisotopic (exact) mass is 260 g/mol. The molecule has 0 aliphatic carbocycles. The van der Waals surface area contributed by atoms with E-state index in [2.05, 4.69) is 21.2 Å². The van der Waals surface area contributed by atoms with Gasteiger partial charge in [0.15, 0.2) is 0 Å². The lowest BCUT2D eigenvalue weighted by atomic mass is 10.3. The van der Waals surface area contributed by atoms with E-state index in [0.29, 0.717) is 11.0 Å². The maximum absolute atomic E-state index is 13.1. The Labute approximate surface area is 88.7 Å². The molecule has 14 heavy (non-hydrogen) atoms. The zero-order valence-electron chi connectivity index (χ0n) is 7.15. The molecule has 2 nitrogen and oxygen atoms in total. The van der Waals surface area contributed by atoms with Crippen LogP contribution in [-0.2, 0) is 0 Å². The molecule has 0 radical (unpaired) electrons. The third-order valence-electron chi connectivity index (χ3n) is 1.55. The topological polar surface area (TPSA) is 35.8 Å². The van der Waals surface area contributed by atoms with Gasteiger partial charge in [-0.2, -0.15) is 5.26 Å². The van der Waals surface area contributed by atoms with Gasteiger partial charge in [0.1, 0.15) is 11.6 Å². The fourth-order valence-corrected chi connectivity index (χ4v) is 1.50. The number of halogens is 3. The second kappa shape index (κ2) is 4.91. The highest BCUT2D eigenvalue weighted by Gasteiger charge is 2.08. The molecule has 0 amide bonds. The summed E-state index contributed by atoms with van der Waals surface area (Å²) in [6.07, 6.45) is 0.267. The smallest absolute Gasteiger partial charge is 0.150 e. The number of nitrogens with zero attached hydrogens (tertiary/aromatic N) is 1. The molecule has 0 aromatic heterocycles. The van der Waals surface area contributed by atoms with Crippen LogP contribution in [0.25, 0.3) is 0 Å². The number of rotatable bonds is 3. The summed E-state index contributed by atoms with van der Waals surface area (Å²) in [5.41, 5.74) is 0.182. The Morgan fingerprint density at radius 2 is 2.14 bits per heavy atom. The second-order valence-electron chi connectivity index (χ2n) is 2.58. The summed E-state index contributed by atoms with van der Waals surface area (Å²) in [7, 11) is 0. The molecule has 0 atom stereocenters. The number of hydrogen-bond donors (Lipinski definition) is 1. The van der Waals surface area contributed by atoms with Crippen molar-refractivity contribution in [3.05, 3.63) is 28.2 Å². The van der Waals surface area contributed by atoms with Crippen LogP contribution in [-0.4, -0.2) is 6.54 Å². The van der Waals surface area contributed by atoms with E-state index in [1.165, 1.54) is 0 Å². The highest BCUT2D eigenvalue weighted by Crippen LogP contribution is 2.26. The van der Waals surface area contributed by atoms with Crippen LogP contribution in [0.15, 0.2) is 16.6 Å². The van der Waals surface area contributed by atoms with Crippen molar-refractivity contribution in [2.45, 2.75) is 6.42 Å². The SMILES string of the molecule is N#CCCNc1c(F)cc(F)cc1Br. The first-order valence-corrected chi connectivity index (χ1v) is 4.70. The van der Waals surface area contributed by atoms with Crippen molar-refractivity contribution >= 4 is 21.6 Å². The van der Waals surface area contributed by atoms with Gasteiger partial charge in [-0.3, -0.25) is 0 Å². The van der Waals surface area contributed by atoms with Gasteiger partial charge in [0, 0.05) is 17.1 Å². The first-order chi connectivity index (χ1) is 6.65. The van der Waals surface area contributed by atoms with E-state index >= 15 is 0 Å². The van der Waals surface area contributed by atoms with Crippen LogP contribution in [0.2, 0.25) is 0 Å². The Morgan fingerprint density at radius 3 is 2.71 bits per heavy atom. The van der Waals surface area contributed by atoms with Crippen molar-refractivity contribution in [2.24, 2.45) is 0 Å². The quantitative estimate of drug-likeness (QED) is 0.849. The van der Waals surface area contributed by atoms with Crippen molar-refractivity contribution in [1.29, 1.82) is 5.26 Å². The van der Waals surface area contributed by atoms with Gasteiger partial charge >= 0.3 is 0 Å². The molecule has 0 unspecified atom stereocenters. The van der Waals surface area contributed by atoms with Crippen molar-refractivity contribution in [3.63, 3.8) is 0 Å². The van der Waals surface area contributed by atoms with Crippen molar-refractivity contribution < 1.29 is 8.78 Å². The van der Waals surface area contributed by atoms with E-state index in [-0.39, 0.29) is 12.1 Å². The maximum Gasteiger partial charge on any atom is 0.150 e. The van der Waals surface area contributed by atoms with Gasteiger partial charge in [-0.25, -0.2) is 8.78 Å². The van der Waals surface area contributed by atoms with Crippen molar-refractivity contribution in [1.82, 2.24) is 0 Å². The van der Waals surface area contributed by atoms with E-state index in [9.17, 15) is 8.78 Å². The molecule has 0 bridgehead atoms. The molecule has 0 spiro atoms. The molecule has 0 fully saturated rings. The number of hydrogen-bond acceptors (Lipinski definition) is 2. The minimum absolute atomic E-state index is 0.182. The van der Waals surface area contributed by atoms with Crippen LogP contribution in [0, 0.1) is 23.0 Å². The summed E-state index contributed by atoms with van der Waals surface area (Å²) >= 11 is 3.02. The van der Waals surface area contributed by atoms with E-state index in [0.717, 1.165) is 12.1 Å². The second-order valence-corrected chi connectivity index (χ2v) is 3.43. The molecule has 0 saturated heterocycles. The van der Waals surface area contributed by atoms with Gasteiger partial charge in [-0.05, 0) is 22.0 Å². The number of anilines is 1. The molecule has 0 aliphatic rings. The lowest BCUT2D eigenvalue weighted by molar-refractivity contribution is 0.584. The molecule has 0 saturated carbocycles. The normalized spacial score (nSPS) is 9.57. The first kappa shape index (κ1) is 10.9. The van der Waals surface area contributed by atoms with E-state index in [1.54, 1.807) is 0 Å². The summed E-state index contributed by atoms with van der Waals surface area (Å²) in [4.78, 5) is 0. The van der Waals surface area contributed by atoms with E-state index < -0.39 is 11.6 Å². The number of benzene rings is 1. The third-order valence-corrected chi connectivity index (χ3v) is 2.17. The van der Waals surface area contributed by atoms with Crippen molar-refractivity contribution in [3.8, 4) is 6.07 Å². The lowest BCUT2D eigenvalue weighted by Crippen LogP contribution is -2.03. The van der Waals surface area contributed by atoms with Crippen LogP contribution in [0.5, 0.6) is 0 Å². The first-order valence-electron chi connectivity index (χ1n) is 3.90. The van der Waals surface area contributed by atoms with Gasteiger partial charge in [-0.1, -0.05) is 0 Å². The number of nitriles is 1. The molecule has 1 N–H and O–H groups in total. The van der Waals surface area contributed by atoms with E-state index in [1.807, 2.05) is 6.07 Å². The standard InChI is InChI=1S/C9H7BrF2N2/c10-7-4-6(11)5-8(12)9(7)14-3-1-2-13/h4-5,14H,1,3H2. The van der Waals surface area contributed by atoms with Gasteiger partial charge in [-0.15, -0.1) is 0 Å². The fourth-order valence-electron chi connectivity index (χ4n) is 0.954. The van der Waals surface area contributed by atoms with Gasteiger partial charge < -0.3 is 5.32 Å². The summed E-state index contributed by atoms with van der Waals surface area (Å²) in [6, 6.07) is 3.87. The molecule has 0 aliphatic heterocycles. The average molecular weight is 261 g/mol. The predicted molar refractivity (Wildman–Crippen MR) is 52.8 cm³/mol. The Bertz CT molecular complexity index is 351. The zero-order valence-corrected chi connectivity index (χ0v) is 8.74. The van der Waals surface area contributed by atoms with Gasteiger partial charge in [0.2, 0.25) is 0 Å². The van der Waals surface area contributed by atoms with Gasteiger partial charge in [0.05, 0.1) is 18.2 Å². The highest BCUT2D eigenvalue weighted by molar-refractivity contribution is 9.10. The van der Waals surface area contributed by atoms with Crippen LogP contribution in [0.3, 0.4) is 0 Å². The molecule has 1 aromatic rings. The summed E-state index contributed by atoms with van der Waals surface area (Å²) in [5, 5.41) is 11.0. The highest BCUT2D eigenvalue weighted by atomic mass is 79.9. The average Bonchev–Trinajstić information content (AvgIpc) is 2.09. The summed E-state index contributed by atoms with van der Waals surface area (Å²) < 4.78 is 26.1. The minimum atomic E-state index is -0.671.